The number of carbonyl (C=O) groups excluding carboxylic acids is 1. The predicted molar refractivity (Wildman–Crippen MR) is 60.2 cm³/mol. The lowest BCUT2D eigenvalue weighted by Gasteiger charge is -2.36. The second-order valence-corrected chi connectivity index (χ2v) is 4.52. The molecule has 3 heteroatoms. The molecule has 1 atom stereocenters. The van der Waals surface area contributed by atoms with Gasteiger partial charge in [0.2, 0.25) is 5.91 Å². The first-order chi connectivity index (χ1) is 6.36. The first-order valence-corrected chi connectivity index (χ1v) is 5.29. The van der Waals surface area contributed by atoms with Crippen LogP contribution >= 0.6 is 0 Å². The zero-order valence-electron chi connectivity index (χ0n) is 10.3. The van der Waals surface area contributed by atoms with E-state index in [0.29, 0.717) is 0 Å². The Labute approximate surface area is 87.9 Å². The lowest BCUT2D eigenvalue weighted by molar-refractivity contribution is -0.138. The average Bonchev–Trinajstić information content (AvgIpc) is 2.15. The van der Waals surface area contributed by atoms with Gasteiger partial charge in [-0.1, -0.05) is 13.8 Å². The van der Waals surface area contributed by atoms with E-state index in [1.54, 1.807) is 0 Å². The molecule has 1 amide bonds. The fourth-order valence-electron chi connectivity index (χ4n) is 1.26. The summed E-state index contributed by atoms with van der Waals surface area (Å²) in [4.78, 5) is 13.8. The molecule has 0 saturated carbocycles. The molecule has 0 fully saturated rings. The third-order valence-corrected chi connectivity index (χ3v) is 3.04. The molecule has 1 N–H and O–H groups in total. The molecule has 0 aromatic heterocycles. The van der Waals surface area contributed by atoms with Crippen LogP contribution in [0, 0.1) is 5.92 Å². The molecule has 84 valence electrons. The second kappa shape index (κ2) is 5.35. The summed E-state index contributed by atoms with van der Waals surface area (Å²) >= 11 is 0. The van der Waals surface area contributed by atoms with Crippen LogP contribution in [0.4, 0.5) is 0 Å². The van der Waals surface area contributed by atoms with Crippen LogP contribution in [0.2, 0.25) is 0 Å². The summed E-state index contributed by atoms with van der Waals surface area (Å²) in [6.45, 7) is 8.99. The Kier molecular flexibility index (Phi) is 5.13. The van der Waals surface area contributed by atoms with Crippen LogP contribution in [0.25, 0.3) is 0 Å². The molecule has 0 aliphatic rings. The van der Waals surface area contributed by atoms with Gasteiger partial charge in [0.15, 0.2) is 0 Å². The Hall–Kier alpha value is -0.570. The molecule has 0 heterocycles. The minimum Gasteiger partial charge on any atom is -0.340 e. The van der Waals surface area contributed by atoms with Gasteiger partial charge in [-0.2, -0.15) is 0 Å². The highest BCUT2D eigenvalue weighted by Gasteiger charge is 2.28. The van der Waals surface area contributed by atoms with Crippen molar-refractivity contribution in [2.24, 2.45) is 5.92 Å². The minimum atomic E-state index is -0.0426. The van der Waals surface area contributed by atoms with Gasteiger partial charge in [-0.15, -0.1) is 0 Å². The Balaban J connectivity index is 4.38. The number of rotatable bonds is 5. The lowest BCUT2D eigenvalue weighted by atomic mass is 9.98. The molecule has 0 radical (unpaired) electrons. The predicted octanol–water partition coefficient (Wildman–Crippen LogP) is 1.49. The third kappa shape index (κ3) is 3.29. The molecule has 1 unspecified atom stereocenters. The molecule has 3 nitrogen and oxygen atoms in total. The Morgan fingerprint density at radius 3 is 2.36 bits per heavy atom. The monoisotopic (exact) mass is 200 g/mol. The molecule has 0 spiro atoms. The van der Waals surface area contributed by atoms with Crippen LogP contribution in [-0.4, -0.2) is 37.0 Å². The Morgan fingerprint density at radius 2 is 2.00 bits per heavy atom. The Bertz CT molecular complexity index is 190. The van der Waals surface area contributed by atoms with Gasteiger partial charge in [0.05, 0.1) is 0 Å². The topological polar surface area (TPSA) is 32.3 Å². The van der Waals surface area contributed by atoms with Crippen molar-refractivity contribution < 1.29 is 4.79 Å². The van der Waals surface area contributed by atoms with Crippen molar-refractivity contribution >= 4 is 5.91 Å². The lowest BCUT2D eigenvalue weighted by Crippen LogP contribution is -2.48. The average molecular weight is 200 g/mol. The molecular weight excluding hydrogens is 176 g/mol. The molecule has 0 aromatic carbocycles. The smallest absolute Gasteiger partial charge is 0.226 e. The number of nitrogens with zero attached hydrogens (tertiary/aromatic N) is 1. The normalized spacial score (nSPS) is 13.9. The third-order valence-electron chi connectivity index (χ3n) is 3.04. The second-order valence-electron chi connectivity index (χ2n) is 4.52. The number of hydrogen-bond acceptors (Lipinski definition) is 2. The number of hydrogen-bond donors (Lipinski definition) is 1. The van der Waals surface area contributed by atoms with E-state index in [1.807, 2.05) is 25.9 Å². The summed E-state index contributed by atoms with van der Waals surface area (Å²) in [6, 6.07) is 0. The number of amides is 1. The van der Waals surface area contributed by atoms with Crippen LogP contribution in [0.3, 0.4) is 0 Å². The maximum absolute atomic E-state index is 11.9. The van der Waals surface area contributed by atoms with Crippen LogP contribution in [-0.2, 0) is 4.79 Å². The summed E-state index contributed by atoms with van der Waals surface area (Å²) < 4.78 is 0. The summed E-state index contributed by atoms with van der Waals surface area (Å²) in [5.74, 6) is 0.266. The standard InChI is InChI=1S/C11H24N2O/c1-7-11(3,4)13(6)10(14)9(2)8-12-5/h9,12H,7-8H2,1-6H3. The van der Waals surface area contributed by atoms with Crippen molar-refractivity contribution in [3.05, 3.63) is 0 Å². The van der Waals surface area contributed by atoms with Gasteiger partial charge in [-0.3, -0.25) is 4.79 Å². The molecule has 0 rings (SSSR count). The highest BCUT2D eigenvalue weighted by molar-refractivity contribution is 5.79. The number of nitrogens with one attached hydrogen (secondary N) is 1. The first-order valence-electron chi connectivity index (χ1n) is 5.29. The largest absolute Gasteiger partial charge is 0.340 e. The van der Waals surface area contributed by atoms with Crippen LogP contribution in [0.5, 0.6) is 0 Å². The highest BCUT2D eigenvalue weighted by atomic mass is 16.2. The van der Waals surface area contributed by atoms with E-state index < -0.39 is 0 Å². The Morgan fingerprint density at radius 1 is 1.50 bits per heavy atom. The maximum Gasteiger partial charge on any atom is 0.226 e. The van der Waals surface area contributed by atoms with Gasteiger partial charge < -0.3 is 10.2 Å². The molecule has 0 aliphatic carbocycles. The van der Waals surface area contributed by atoms with Crippen LogP contribution in [0.1, 0.15) is 34.1 Å². The van der Waals surface area contributed by atoms with Crippen molar-refractivity contribution in [1.29, 1.82) is 0 Å². The fraction of sp³-hybridized carbons (Fsp3) is 0.909. The van der Waals surface area contributed by atoms with Gasteiger partial charge in [0.1, 0.15) is 0 Å². The van der Waals surface area contributed by atoms with Crippen LogP contribution < -0.4 is 5.32 Å². The van der Waals surface area contributed by atoms with Gasteiger partial charge in [-0.05, 0) is 27.3 Å². The molecule has 0 aromatic rings. The van der Waals surface area contributed by atoms with E-state index in [0.717, 1.165) is 13.0 Å². The molecule has 14 heavy (non-hydrogen) atoms. The van der Waals surface area contributed by atoms with Gasteiger partial charge >= 0.3 is 0 Å². The summed E-state index contributed by atoms with van der Waals surface area (Å²) in [7, 11) is 3.76. The van der Waals surface area contributed by atoms with E-state index in [1.165, 1.54) is 0 Å². The van der Waals surface area contributed by atoms with Crippen molar-refractivity contribution in [2.75, 3.05) is 20.6 Å². The van der Waals surface area contributed by atoms with E-state index in [4.69, 9.17) is 0 Å². The van der Waals surface area contributed by atoms with Crippen molar-refractivity contribution in [3.63, 3.8) is 0 Å². The minimum absolute atomic E-state index is 0.0426. The SMILES string of the molecule is CCC(C)(C)N(C)C(=O)C(C)CNC. The van der Waals surface area contributed by atoms with E-state index in [2.05, 4.69) is 26.1 Å². The van der Waals surface area contributed by atoms with Gasteiger partial charge in [0, 0.05) is 25.0 Å². The maximum atomic E-state index is 11.9. The summed E-state index contributed by atoms with van der Waals surface area (Å²) in [5.41, 5.74) is -0.0426. The van der Waals surface area contributed by atoms with E-state index >= 15 is 0 Å². The van der Waals surface area contributed by atoms with Crippen LogP contribution in [0.15, 0.2) is 0 Å². The summed E-state index contributed by atoms with van der Waals surface area (Å²) in [6.07, 6.45) is 0.974. The van der Waals surface area contributed by atoms with E-state index in [-0.39, 0.29) is 17.4 Å². The zero-order chi connectivity index (χ0) is 11.4. The van der Waals surface area contributed by atoms with Crippen molar-refractivity contribution in [3.8, 4) is 0 Å². The molecule has 0 aliphatic heterocycles. The zero-order valence-corrected chi connectivity index (χ0v) is 10.3. The fourth-order valence-corrected chi connectivity index (χ4v) is 1.26. The van der Waals surface area contributed by atoms with Crippen molar-refractivity contribution in [2.45, 2.75) is 39.7 Å². The first kappa shape index (κ1) is 13.4. The van der Waals surface area contributed by atoms with Crippen molar-refractivity contribution in [1.82, 2.24) is 10.2 Å². The van der Waals surface area contributed by atoms with Gasteiger partial charge in [-0.25, -0.2) is 0 Å². The number of carbonyl (C=O) groups is 1. The van der Waals surface area contributed by atoms with E-state index in [9.17, 15) is 4.79 Å². The molecular formula is C11H24N2O. The van der Waals surface area contributed by atoms with Gasteiger partial charge in [0.25, 0.3) is 0 Å². The summed E-state index contributed by atoms with van der Waals surface area (Å²) in [5, 5.41) is 3.03. The molecule has 0 saturated heterocycles. The quantitative estimate of drug-likeness (QED) is 0.729. The molecule has 0 bridgehead atoms. The highest BCUT2D eigenvalue weighted by Crippen LogP contribution is 2.18.